The molecular formula is C39H41ClN8O5. The zero-order chi connectivity index (χ0) is 36.7. The average Bonchev–Trinajstić information content (AvgIpc) is 3.07. The molecule has 0 bridgehead atoms. The molecule has 1 aromatic carbocycles. The average molecular weight is 737 g/mol. The van der Waals surface area contributed by atoms with Crippen molar-refractivity contribution in [3.63, 3.8) is 0 Å². The predicted molar refractivity (Wildman–Crippen MR) is 201 cm³/mol. The summed E-state index contributed by atoms with van der Waals surface area (Å²) >= 11 is 6.49. The molecule has 5 N–H and O–H groups in total. The van der Waals surface area contributed by atoms with Crippen molar-refractivity contribution in [1.82, 2.24) is 30.9 Å². The van der Waals surface area contributed by atoms with Gasteiger partial charge >= 0.3 is 0 Å². The third-order valence-electron chi connectivity index (χ3n) is 9.35. The van der Waals surface area contributed by atoms with Gasteiger partial charge in [-0.3, -0.25) is 19.6 Å². The number of amides is 2. The van der Waals surface area contributed by atoms with E-state index in [2.05, 4.69) is 53.4 Å². The van der Waals surface area contributed by atoms with Crippen molar-refractivity contribution in [3.8, 4) is 29.2 Å². The van der Waals surface area contributed by atoms with E-state index < -0.39 is 11.8 Å². The molecule has 3 atom stereocenters. The van der Waals surface area contributed by atoms with E-state index in [1.165, 1.54) is 0 Å². The number of ether oxygens (including phenoxy) is 3. The van der Waals surface area contributed by atoms with Crippen LogP contribution in [0, 0.1) is 25.7 Å². The minimum atomic E-state index is -0.424. The van der Waals surface area contributed by atoms with Crippen LogP contribution in [0.2, 0.25) is 5.15 Å². The molecule has 274 valence electrons. The van der Waals surface area contributed by atoms with Crippen LogP contribution in [0.1, 0.15) is 62.5 Å². The summed E-state index contributed by atoms with van der Waals surface area (Å²) in [5.74, 6) is 6.76. The first-order valence-corrected chi connectivity index (χ1v) is 18.1. The number of rotatable bonds is 13. The van der Waals surface area contributed by atoms with Gasteiger partial charge in [0.25, 0.3) is 11.8 Å². The summed E-state index contributed by atoms with van der Waals surface area (Å²) in [5.41, 5.74) is 3.54. The molecule has 13 nitrogen and oxygen atoms in total. The standard InChI is InChI=1S/C39H41ClN8O5/c1-23-34(16-32(18-44-23)51-20-28-7-10-41-28)39(50)46-31-14-25(3-4-26-5-6-36(48-37(26)40)53-22-30-9-12-43-30)13-27(15-31)38(49)47-35-17-33(19-45-24(35)2)52-21-29-8-11-42-29/h5-6,13-19,28-30,41-43H,7-12,20-22H2,1-2H3,(H,46,50)(H,47,49)/t28?,29-,30?/m0/s1. The van der Waals surface area contributed by atoms with Gasteiger partial charge in [0.05, 0.1) is 40.6 Å². The molecule has 0 radical (unpaired) electrons. The van der Waals surface area contributed by atoms with E-state index in [4.69, 9.17) is 25.8 Å². The van der Waals surface area contributed by atoms with Crippen LogP contribution in [0.25, 0.3) is 0 Å². The Kier molecular flexibility index (Phi) is 11.3. The molecule has 3 fully saturated rings. The van der Waals surface area contributed by atoms with Crippen molar-refractivity contribution >= 4 is 34.8 Å². The van der Waals surface area contributed by atoms with Gasteiger partial charge < -0.3 is 40.8 Å². The molecule has 14 heteroatoms. The summed E-state index contributed by atoms with van der Waals surface area (Å²) in [5, 5.41) is 15.9. The molecule has 4 aromatic rings. The van der Waals surface area contributed by atoms with Gasteiger partial charge in [-0.15, -0.1) is 0 Å². The number of carbonyl (C=O) groups excluding carboxylic acids is 2. The largest absolute Gasteiger partial charge is 0.490 e. The molecular weight excluding hydrogens is 696 g/mol. The second-order valence-corrected chi connectivity index (χ2v) is 13.7. The topological polar surface area (TPSA) is 161 Å². The highest BCUT2D eigenvalue weighted by Gasteiger charge is 2.21. The Morgan fingerprint density at radius 2 is 1.40 bits per heavy atom. The van der Waals surface area contributed by atoms with Crippen LogP contribution in [0.3, 0.4) is 0 Å². The SMILES string of the molecule is Cc1ncc(OC[C@@H]2CCN2)cc1NC(=O)c1cc(C#Cc2ccc(OCC3CCN3)nc2Cl)cc(NC(=O)c2cc(OCC3CCN3)cnc2C)c1. The summed E-state index contributed by atoms with van der Waals surface area (Å²) in [6, 6.07) is 12.7. The maximum absolute atomic E-state index is 13.8. The summed E-state index contributed by atoms with van der Waals surface area (Å²) in [6.07, 6.45) is 6.39. The molecule has 53 heavy (non-hydrogen) atoms. The minimum absolute atomic E-state index is 0.190. The van der Waals surface area contributed by atoms with Crippen LogP contribution < -0.4 is 40.8 Å². The van der Waals surface area contributed by atoms with Crippen LogP contribution in [-0.4, -0.2) is 84.3 Å². The van der Waals surface area contributed by atoms with E-state index in [-0.39, 0.29) is 16.8 Å². The quantitative estimate of drug-likeness (QED) is 0.0986. The number of nitrogens with zero attached hydrogens (tertiary/aromatic N) is 3. The molecule has 0 aliphatic carbocycles. The second-order valence-electron chi connectivity index (χ2n) is 13.3. The Morgan fingerprint density at radius 3 is 2.02 bits per heavy atom. The molecule has 3 aromatic heterocycles. The number of aryl methyl sites for hydroxylation is 2. The lowest BCUT2D eigenvalue weighted by atomic mass is 10.1. The molecule has 6 heterocycles. The van der Waals surface area contributed by atoms with Gasteiger partial charge in [0, 0.05) is 47.1 Å². The molecule has 0 saturated carbocycles. The minimum Gasteiger partial charge on any atom is -0.490 e. The Morgan fingerprint density at radius 1 is 0.774 bits per heavy atom. The van der Waals surface area contributed by atoms with Crippen molar-refractivity contribution in [2.75, 3.05) is 50.1 Å². The number of carbonyl (C=O) groups is 2. The van der Waals surface area contributed by atoms with Gasteiger partial charge in [-0.05, 0) is 83.1 Å². The lowest BCUT2D eigenvalue weighted by molar-refractivity contribution is 0.101. The zero-order valence-electron chi connectivity index (χ0n) is 29.6. The molecule has 7 rings (SSSR count). The maximum Gasteiger partial charge on any atom is 0.257 e. The summed E-state index contributed by atoms with van der Waals surface area (Å²) < 4.78 is 17.6. The fourth-order valence-corrected chi connectivity index (χ4v) is 5.81. The first-order chi connectivity index (χ1) is 25.8. The third kappa shape index (κ3) is 9.40. The van der Waals surface area contributed by atoms with Crippen LogP contribution in [0.15, 0.2) is 54.9 Å². The fourth-order valence-electron chi connectivity index (χ4n) is 5.62. The molecule has 0 spiro atoms. The van der Waals surface area contributed by atoms with Crippen LogP contribution >= 0.6 is 11.6 Å². The third-order valence-corrected chi connectivity index (χ3v) is 9.63. The Hall–Kier alpha value is -5.26. The number of halogens is 1. The molecule has 2 unspecified atom stereocenters. The maximum atomic E-state index is 13.8. The highest BCUT2D eigenvalue weighted by molar-refractivity contribution is 6.30. The number of benzene rings is 1. The van der Waals surface area contributed by atoms with Crippen molar-refractivity contribution in [3.05, 3.63) is 93.7 Å². The number of anilines is 2. The molecule has 3 aliphatic rings. The first kappa shape index (κ1) is 36.1. The number of aromatic nitrogens is 3. The summed E-state index contributed by atoms with van der Waals surface area (Å²) in [7, 11) is 0. The Balaban J connectivity index is 1.12. The van der Waals surface area contributed by atoms with Gasteiger partial charge in [-0.1, -0.05) is 23.4 Å². The summed E-state index contributed by atoms with van der Waals surface area (Å²) in [6.45, 7) is 7.99. The van der Waals surface area contributed by atoms with Gasteiger partial charge in [-0.2, -0.15) is 0 Å². The van der Waals surface area contributed by atoms with Gasteiger partial charge in [0.2, 0.25) is 5.88 Å². The smallest absolute Gasteiger partial charge is 0.257 e. The van der Waals surface area contributed by atoms with E-state index in [9.17, 15) is 9.59 Å². The highest BCUT2D eigenvalue weighted by atomic mass is 35.5. The zero-order valence-corrected chi connectivity index (χ0v) is 30.3. The van der Waals surface area contributed by atoms with E-state index in [0.717, 1.165) is 38.9 Å². The Labute approximate surface area is 313 Å². The van der Waals surface area contributed by atoms with E-state index in [0.29, 0.717) is 88.7 Å². The predicted octanol–water partition coefficient (Wildman–Crippen LogP) is 4.27. The molecule has 3 saturated heterocycles. The number of pyridine rings is 3. The molecule has 2 amide bonds. The fraction of sp³-hybridized carbons (Fsp3) is 0.359. The first-order valence-electron chi connectivity index (χ1n) is 17.7. The van der Waals surface area contributed by atoms with E-state index in [1.54, 1.807) is 68.7 Å². The van der Waals surface area contributed by atoms with Gasteiger partial charge in [0.1, 0.15) is 36.5 Å². The van der Waals surface area contributed by atoms with Crippen molar-refractivity contribution in [2.24, 2.45) is 0 Å². The monoisotopic (exact) mass is 736 g/mol. The second kappa shape index (κ2) is 16.6. The van der Waals surface area contributed by atoms with Crippen LogP contribution in [0.5, 0.6) is 17.4 Å². The van der Waals surface area contributed by atoms with E-state index in [1.807, 2.05) is 0 Å². The van der Waals surface area contributed by atoms with Crippen LogP contribution in [-0.2, 0) is 0 Å². The lowest BCUT2D eigenvalue weighted by Gasteiger charge is -2.27. The van der Waals surface area contributed by atoms with Crippen LogP contribution in [0.4, 0.5) is 11.4 Å². The molecule has 3 aliphatic heterocycles. The number of nitrogens with one attached hydrogen (secondary N) is 5. The number of hydrogen-bond acceptors (Lipinski definition) is 11. The van der Waals surface area contributed by atoms with Gasteiger partial charge in [-0.25, -0.2) is 4.98 Å². The normalized spacial score (nSPS) is 18.6. The van der Waals surface area contributed by atoms with Crippen molar-refractivity contribution in [1.29, 1.82) is 0 Å². The Bertz CT molecular complexity index is 2060. The number of hydrogen-bond donors (Lipinski definition) is 5. The van der Waals surface area contributed by atoms with Crippen molar-refractivity contribution < 1.29 is 23.8 Å². The van der Waals surface area contributed by atoms with E-state index >= 15 is 0 Å². The highest BCUT2D eigenvalue weighted by Crippen LogP contribution is 2.24. The van der Waals surface area contributed by atoms with Gasteiger partial charge in [0.15, 0.2) is 0 Å². The summed E-state index contributed by atoms with van der Waals surface area (Å²) in [4.78, 5) is 40.6. The lowest BCUT2D eigenvalue weighted by Crippen LogP contribution is -2.46. The van der Waals surface area contributed by atoms with Crippen molar-refractivity contribution in [2.45, 2.75) is 51.2 Å².